The van der Waals surface area contributed by atoms with Crippen LogP contribution in [0.4, 0.5) is 0 Å². The normalized spacial score (nSPS) is 22.1. The van der Waals surface area contributed by atoms with Gasteiger partial charge in [-0.15, -0.1) is 0 Å². The molecule has 2 atom stereocenters. The van der Waals surface area contributed by atoms with Crippen LogP contribution in [0.1, 0.15) is 42.9 Å². The molecular weight excluding hydrogens is 486 g/mol. The molecule has 2 fully saturated rings. The fourth-order valence-corrected chi connectivity index (χ4v) is 6.33. The maximum atomic E-state index is 13.7. The van der Waals surface area contributed by atoms with Crippen LogP contribution in [0.5, 0.6) is 5.75 Å². The highest BCUT2D eigenvalue weighted by atomic mass is 16.5. The summed E-state index contributed by atoms with van der Waals surface area (Å²) in [6.07, 6.45) is 3.35. The van der Waals surface area contributed by atoms with Gasteiger partial charge in [-0.05, 0) is 60.4 Å². The molecule has 204 valence electrons. The number of piperidine rings is 1. The van der Waals surface area contributed by atoms with Gasteiger partial charge < -0.3 is 20.3 Å². The fourth-order valence-electron chi connectivity index (χ4n) is 6.33. The lowest BCUT2D eigenvalue weighted by atomic mass is 9.80. The summed E-state index contributed by atoms with van der Waals surface area (Å²) < 4.78 is 5.37. The largest absolute Gasteiger partial charge is 0.497 e. The lowest BCUT2D eigenvalue weighted by Crippen LogP contribution is -2.53. The van der Waals surface area contributed by atoms with Gasteiger partial charge in [0.2, 0.25) is 11.8 Å². The van der Waals surface area contributed by atoms with Gasteiger partial charge in [0.25, 0.3) is 0 Å². The summed E-state index contributed by atoms with van der Waals surface area (Å²) in [5.41, 5.74) is 2.58. The van der Waals surface area contributed by atoms with E-state index < -0.39 is 5.41 Å². The number of benzene rings is 3. The molecule has 5 rings (SSSR count). The number of hydrogen-bond donors (Lipinski definition) is 2. The second-order valence-electron chi connectivity index (χ2n) is 11.0. The van der Waals surface area contributed by atoms with Gasteiger partial charge >= 0.3 is 0 Å². The van der Waals surface area contributed by atoms with Gasteiger partial charge in [-0.2, -0.15) is 0 Å². The van der Waals surface area contributed by atoms with Crippen molar-refractivity contribution in [3.8, 4) is 5.75 Å². The van der Waals surface area contributed by atoms with E-state index in [4.69, 9.17) is 4.74 Å². The number of hydrogen-bond acceptors (Lipinski definition) is 4. The third-order valence-corrected chi connectivity index (χ3v) is 8.59. The first-order valence-electron chi connectivity index (χ1n) is 14.0. The Kier molecular flexibility index (Phi) is 8.03. The van der Waals surface area contributed by atoms with Gasteiger partial charge in [0, 0.05) is 33.1 Å². The van der Waals surface area contributed by atoms with Gasteiger partial charge in [-0.25, -0.2) is 0 Å². The third-order valence-electron chi connectivity index (χ3n) is 8.59. The van der Waals surface area contributed by atoms with Crippen molar-refractivity contribution in [3.63, 3.8) is 0 Å². The zero-order valence-electron chi connectivity index (χ0n) is 23.0. The maximum absolute atomic E-state index is 13.7. The van der Waals surface area contributed by atoms with Crippen LogP contribution in [-0.2, 0) is 27.0 Å². The molecule has 1 saturated heterocycles. The molecule has 1 aliphatic carbocycles. The average Bonchev–Trinajstić information content (AvgIpc) is 3.69. The highest BCUT2D eigenvalue weighted by Gasteiger charge is 2.61. The van der Waals surface area contributed by atoms with Crippen molar-refractivity contribution >= 4 is 11.8 Å². The lowest BCUT2D eigenvalue weighted by molar-refractivity contribution is -0.124. The third kappa shape index (κ3) is 5.86. The molecule has 0 aromatic heterocycles. The van der Waals surface area contributed by atoms with Crippen LogP contribution < -0.4 is 15.4 Å². The monoisotopic (exact) mass is 525 g/mol. The van der Waals surface area contributed by atoms with Crippen molar-refractivity contribution in [2.45, 2.75) is 43.6 Å². The quantitative estimate of drug-likeness (QED) is 0.411. The van der Waals surface area contributed by atoms with Crippen LogP contribution in [0.15, 0.2) is 84.9 Å². The minimum absolute atomic E-state index is 0.000178. The predicted octanol–water partition coefficient (Wildman–Crippen LogP) is 4.44. The van der Waals surface area contributed by atoms with E-state index in [9.17, 15) is 9.59 Å². The molecule has 0 unspecified atom stereocenters. The van der Waals surface area contributed by atoms with Crippen LogP contribution in [0.3, 0.4) is 0 Å². The van der Waals surface area contributed by atoms with Crippen LogP contribution in [-0.4, -0.2) is 50.0 Å². The molecule has 39 heavy (non-hydrogen) atoms. The first-order valence-corrected chi connectivity index (χ1v) is 14.0. The highest BCUT2D eigenvalue weighted by Crippen LogP contribution is 2.55. The molecule has 2 amide bonds. The van der Waals surface area contributed by atoms with E-state index in [0.29, 0.717) is 6.54 Å². The van der Waals surface area contributed by atoms with Crippen molar-refractivity contribution in [1.29, 1.82) is 0 Å². The number of nitrogens with zero attached hydrogens (tertiary/aromatic N) is 1. The first-order chi connectivity index (χ1) is 18.9. The fraction of sp³-hybridized carbons (Fsp3) is 0.394. The van der Waals surface area contributed by atoms with Crippen LogP contribution >= 0.6 is 0 Å². The maximum Gasteiger partial charge on any atom is 0.231 e. The van der Waals surface area contributed by atoms with E-state index in [1.165, 1.54) is 5.56 Å². The van der Waals surface area contributed by atoms with E-state index in [0.717, 1.165) is 62.2 Å². The Bertz CT molecular complexity index is 1250. The zero-order chi connectivity index (χ0) is 27.3. The molecule has 1 aliphatic heterocycles. The van der Waals surface area contributed by atoms with Gasteiger partial charge in [-0.1, -0.05) is 72.8 Å². The lowest BCUT2D eigenvalue weighted by Gasteiger charge is -2.43. The molecule has 0 bridgehead atoms. The van der Waals surface area contributed by atoms with E-state index >= 15 is 0 Å². The Hall–Kier alpha value is -3.64. The molecule has 2 N–H and O–H groups in total. The second kappa shape index (κ2) is 11.6. The van der Waals surface area contributed by atoms with Crippen LogP contribution in [0, 0.1) is 5.92 Å². The van der Waals surface area contributed by atoms with Gasteiger partial charge in [0.15, 0.2) is 0 Å². The Balaban J connectivity index is 1.27. The first kappa shape index (κ1) is 26.9. The van der Waals surface area contributed by atoms with Gasteiger partial charge in [0.1, 0.15) is 5.75 Å². The Morgan fingerprint density at radius 3 is 2.15 bits per heavy atom. The van der Waals surface area contributed by atoms with E-state index in [1.54, 1.807) is 14.0 Å². The number of amides is 2. The molecule has 1 saturated carbocycles. The predicted molar refractivity (Wildman–Crippen MR) is 154 cm³/mol. The Labute approximate surface area is 231 Å². The summed E-state index contributed by atoms with van der Waals surface area (Å²) >= 11 is 0. The van der Waals surface area contributed by atoms with Gasteiger partial charge in [-0.3, -0.25) is 9.59 Å². The smallest absolute Gasteiger partial charge is 0.231 e. The number of rotatable bonds is 10. The molecular formula is C33H39N3O3. The summed E-state index contributed by atoms with van der Waals surface area (Å²) in [4.78, 5) is 28.3. The molecule has 1 heterocycles. The molecule has 2 aliphatic rings. The summed E-state index contributed by atoms with van der Waals surface area (Å²) in [6, 6.07) is 28.6. The highest BCUT2D eigenvalue weighted by molar-refractivity contribution is 5.92. The van der Waals surface area contributed by atoms with E-state index in [1.807, 2.05) is 60.7 Å². The Morgan fingerprint density at radius 2 is 1.54 bits per heavy atom. The van der Waals surface area contributed by atoms with Crippen molar-refractivity contribution in [2.24, 2.45) is 5.92 Å². The number of likely N-dealkylation sites (tertiary alicyclic amines) is 1. The minimum Gasteiger partial charge on any atom is -0.497 e. The number of methoxy groups -OCH3 is 1. The number of nitrogens with one attached hydrogen (secondary N) is 2. The molecule has 6 heteroatoms. The Morgan fingerprint density at radius 1 is 0.897 bits per heavy atom. The summed E-state index contributed by atoms with van der Waals surface area (Å²) in [7, 11) is 1.66. The van der Waals surface area contributed by atoms with Crippen LogP contribution in [0.2, 0.25) is 0 Å². The zero-order valence-corrected chi connectivity index (χ0v) is 23.0. The minimum atomic E-state index is -0.519. The van der Waals surface area contributed by atoms with Gasteiger partial charge in [0.05, 0.1) is 18.1 Å². The molecule has 0 radical (unpaired) electrons. The molecule has 3 aromatic rings. The summed E-state index contributed by atoms with van der Waals surface area (Å²) in [6.45, 7) is 4.83. The second-order valence-corrected chi connectivity index (χ2v) is 11.0. The van der Waals surface area contributed by atoms with Crippen molar-refractivity contribution in [3.05, 3.63) is 102 Å². The average molecular weight is 526 g/mol. The van der Waals surface area contributed by atoms with Crippen molar-refractivity contribution in [1.82, 2.24) is 15.5 Å². The van der Waals surface area contributed by atoms with E-state index in [2.05, 4.69) is 39.8 Å². The van der Waals surface area contributed by atoms with Crippen molar-refractivity contribution in [2.75, 3.05) is 33.3 Å². The summed E-state index contributed by atoms with van der Waals surface area (Å²) in [5.74, 6) is 1.15. The SMILES string of the molecule is COc1ccc([C@]2(C(=O)NCCc3ccccc3)C[C@H]2CN2CCC(NC(C)=O)(c3ccccc3)CC2)cc1. The van der Waals surface area contributed by atoms with Crippen LogP contribution in [0.25, 0.3) is 0 Å². The topological polar surface area (TPSA) is 70.7 Å². The molecule has 3 aromatic carbocycles. The standard InChI is InChI=1S/C33H39N3O3/c1-25(37)35-32(27-11-7-4-8-12-27)18-21-36(22-19-32)24-29-23-33(29,28-13-15-30(39-2)16-14-28)31(38)34-20-17-26-9-5-3-6-10-26/h3-16,29H,17-24H2,1-2H3,(H,34,38)(H,35,37)/t29-,33+/m0/s1. The molecule has 6 nitrogen and oxygen atoms in total. The van der Waals surface area contributed by atoms with E-state index in [-0.39, 0.29) is 23.3 Å². The number of carbonyl (C=O) groups excluding carboxylic acids is 2. The molecule has 0 spiro atoms. The summed E-state index contributed by atoms with van der Waals surface area (Å²) in [5, 5.41) is 6.52. The number of carbonyl (C=O) groups is 2. The van der Waals surface area contributed by atoms with Crippen molar-refractivity contribution < 1.29 is 14.3 Å². The number of ether oxygens (including phenoxy) is 1.